The van der Waals surface area contributed by atoms with Crippen molar-refractivity contribution in [3.63, 3.8) is 0 Å². The first-order valence-electron chi connectivity index (χ1n) is 7.94. The molecule has 0 aromatic heterocycles. The number of hydrogen-bond acceptors (Lipinski definition) is 6. The van der Waals surface area contributed by atoms with Crippen LogP contribution in [0.3, 0.4) is 0 Å². The Hall–Kier alpha value is -3.03. The van der Waals surface area contributed by atoms with E-state index in [9.17, 15) is 19.7 Å². The predicted molar refractivity (Wildman–Crippen MR) is 86.8 cm³/mol. The zero-order chi connectivity index (χ0) is 17.7. The van der Waals surface area contributed by atoms with Crippen LogP contribution in [0.15, 0.2) is 35.5 Å². The van der Waals surface area contributed by atoms with E-state index >= 15 is 0 Å². The molecule has 2 fully saturated rings. The third kappa shape index (κ3) is 2.25. The van der Waals surface area contributed by atoms with Crippen molar-refractivity contribution in [1.82, 2.24) is 5.01 Å². The average molecular weight is 341 g/mol. The van der Waals surface area contributed by atoms with Crippen molar-refractivity contribution in [2.75, 3.05) is 7.11 Å². The number of carbonyl (C=O) groups excluding carboxylic acids is 2. The fourth-order valence-corrected chi connectivity index (χ4v) is 4.05. The summed E-state index contributed by atoms with van der Waals surface area (Å²) in [6.45, 7) is 0. The van der Waals surface area contributed by atoms with Gasteiger partial charge < -0.3 is 4.74 Å². The molecule has 1 aromatic rings. The van der Waals surface area contributed by atoms with Crippen molar-refractivity contribution < 1.29 is 19.2 Å². The summed E-state index contributed by atoms with van der Waals surface area (Å²) in [6, 6.07) is 4.32. The molecule has 8 nitrogen and oxygen atoms in total. The smallest absolute Gasteiger partial charge is 0.311 e. The Morgan fingerprint density at radius 3 is 2.44 bits per heavy atom. The zero-order valence-electron chi connectivity index (χ0n) is 13.4. The molecule has 0 unspecified atom stereocenters. The lowest BCUT2D eigenvalue weighted by Crippen LogP contribution is -2.28. The van der Waals surface area contributed by atoms with Crippen LogP contribution < -0.4 is 4.74 Å². The van der Waals surface area contributed by atoms with Crippen LogP contribution in [0, 0.1) is 33.8 Å². The fraction of sp³-hybridized carbons (Fsp3) is 0.353. The molecule has 3 aliphatic rings. The van der Waals surface area contributed by atoms with Gasteiger partial charge in [0.05, 0.1) is 30.1 Å². The number of allylic oxidation sites excluding steroid dienone is 2. The first kappa shape index (κ1) is 15.5. The Morgan fingerprint density at radius 2 is 1.88 bits per heavy atom. The number of amides is 2. The molecule has 1 aromatic carbocycles. The molecule has 8 heteroatoms. The van der Waals surface area contributed by atoms with Crippen molar-refractivity contribution in [2.45, 2.75) is 6.42 Å². The standard InChI is InChI=1S/C17H15N3O5/c1-25-13-5-2-9(6-12(13)20(23)24)8-18-19-16(21)14-10-3-4-11(7-10)15(14)17(19)22/h2-6,8,10-11,14-15H,7H2,1H3/b18-8-/t10-,11+,14+,15-. The number of benzene rings is 1. The first-order valence-corrected chi connectivity index (χ1v) is 7.94. The van der Waals surface area contributed by atoms with Gasteiger partial charge in [0.15, 0.2) is 5.75 Å². The lowest BCUT2D eigenvalue weighted by atomic mass is 9.85. The topological polar surface area (TPSA) is 102 Å². The van der Waals surface area contributed by atoms with Crippen LogP contribution in [0.2, 0.25) is 0 Å². The van der Waals surface area contributed by atoms with Gasteiger partial charge in [-0.25, -0.2) is 0 Å². The zero-order valence-corrected chi connectivity index (χ0v) is 13.4. The van der Waals surface area contributed by atoms with Crippen LogP contribution in [0.25, 0.3) is 0 Å². The molecule has 0 N–H and O–H groups in total. The predicted octanol–water partition coefficient (Wildman–Crippen LogP) is 1.74. The highest BCUT2D eigenvalue weighted by Gasteiger charge is 2.59. The number of hydrazone groups is 1. The molecular weight excluding hydrogens is 326 g/mol. The summed E-state index contributed by atoms with van der Waals surface area (Å²) < 4.78 is 4.94. The number of methoxy groups -OCH3 is 1. The lowest BCUT2D eigenvalue weighted by Gasteiger charge is -2.13. The molecule has 1 saturated heterocycles. The molecule has 0 spiro atoms. The monoisotopic (exact) mass is 341 g/mol. The Morgan fingerprint density at radius 1 is 1.24 bits per heavy atom. The normalized spacial score (nSPS) is 29.7. The Kier molecular flexibility index (Phi) is 3.41. The van der Waals surface area contributed by atoms with Crippen molar-refractivity contribution in [3.8, 4) is 5.75 Å². The Labute approximate surface area is 142 Å². The van der Waals surface area contributed by atoms with E-state index in [1.807, 2.05) is 12.2 Å². The number of imide groups is 1. The number of carbonyl (C=O) groups is 2. The van der Waals surface area contributed by atoms with Gasteiger partial charge in [0.1, 0.15) is 0 Å². The lowest BCUT2D eigenvalue weighted by molar-refractivity contribution is -0.385. The largest absolute Gasteiger partial charge is 0.490 e. The third-order valence-electron chi connectivity index (χ3n) is 5.17. The van der Waals surface area contributed by atoms with Crippen LogP contribution in [-0.4, -0.2) is 35.1 Å². The van der Waals surface area contributed by atoms with Crippen LogP contribution >= 0.6 is 0 Å². The van der Waals surface area contributed by atoms with Gasteiger partial charge in [0.2, 0.25) is 0 Å². The van der Waals surface area contributed by atoms with Crippen molar-refractivity contribution in [3.05, 3.63) is 46.0 Å². The van der Waals surface area contributed by atoms with Gasteiger partial charge in [-0.1, -0.05) is 12.2 Å². The average Bonchev–Trinajstić information content (AvgIpc) is 3.28. The van der Waals surface area contributed by atoms with E-state index in [2.05, 4.69) is 5.10 Å². The number of rotatable bonds is 4. The minimum absolute atomic E-state index is 0.119. The summed E-state index contributed by atoms with van der Waals surface area (Å²) >= 11 is 0. The number of ether oxygens (including phenoxy) is 1. The summed E-state index contributed by atoms with van der Waals surface area (Å²) in [5.41, 5.74) is 0.205. The highest BCUT2D eigenvalue weighted by Crippen LogP contribution is 2.52. The quantitative estimate of drug-likeness (QED) is 0.273. The van der Waals surface area contributed by atoms with E-state index in [1.165, 1.54) is 25.5 Å². The molecule has 25 heavy (non-hydrogen) atoms. The second-order valence-electron chi connectivity index (χ2n) is 6.42. The van der Waals surface area contributed by atoms with Gasteiger partial charge in [0, 0.05) is 11.6 Å². The first-order chi connectivity index (χ1) is 12.0. The van der Waals surface area contributed by atoms with E-state index in [0.717, 1.165) is 11.4 Å². The minimum atomic E-state index is -0.559. The number of nitrogens with zero attached hydrogens (tertiary/aromatic N) is 3. The molecule has 2 amide bonds. The number of hydrogen-bond donors (Lipinski definition) is 0. The fourth-order valence-electron chi connectivity index (χ4n) is 4.05. The summed E-state index contributed by atoms with van der Waals surface area (Å²) in [4.78, 5) is 35.5. The summed E-state index contributed by atoms with van der Waals surface area (Å²) in [6.07, 6.45) is 6.17. The van der Waals surface area contributed by atoms with E-state index in [4.69, 9.17) is 4.74 Å². The van der Waals surface area contributed by atoms with Crippen LogP contribution in [0.1, 0.15) is 12.0 Å². The van der Waals surface area contributed by atoms with E-state index < -0.39 is 4.92 Å². The molecule has 0 radical (unpaired) electrons. The highest BCUT2D eigenvalue weighted by atomic mass is 16.6. The SMILES string of the molecule is COc1ccc(/C=N\N2C(=O)[C@@H]3[C@H](C2=O)[C@H]2C=C[C@@H]3C2)cc1[N+](=O)[O-]. The van der Waals surface area contributed by atoms with Crippen LogP contribution in [0.5, 0.6) is 5.75 Å². The van der Waals surface area contributed by atoms with Crippen molar-refractivity contribution in [1.29, 1.82) is 0 Å². The van der Waals surface area contributed by atoms with Crippen molar-refractivity contribution >= 4 is 23.7 Å². The van der Waals surface area contributed by atoms with E-state index in [-0.39, 0.29) is 46.9 Å². The maximum Gasteiger partial charge on any atom is 0.311 e. The third-order valence-corrected chi connectivity index (χ3v) is 5.17. The van der Waals surface area contributed by atoms with Gasteiger partial charge >= 0.3 is 5.69 Å². The number of nitro groups is 1. The number of fused-ring (bicyclic) bond motifs is 5. The molecule has 1 heterocycles. The summed E-state index contributed by atoms with van der Waals surface area (Å²) in [5.74, 6) is -0.831. The highest BCUT2D eigenvalue weighted by molar-refractivity contribution is 6.06. The van der Waals surface area contributed by atoms with E-state index in [0.29, 0.717) is 5.56 Å². The molecule has 1 saturated carbocycles. The van der Waals surface area contributed by atoms with Gasteiger partial charge in [-0.2, -0.15) is 10.1 Å². The molecule has 4 atom stereocenters. The molecule has 2 aliphatic carbocycles. The molecule has 4 rings (SSSR count). The molecule has 1 aliphatic heterocycles. The maximum atomic E-state index is 12.5. The van der Waals surface area contributed by atoms with Crippen molar-refractivity contribution in [2.24, 2.45) is 28.8 Å². The summed E-state index contributed by atoms with van der Waals surface area (Å²) in [5, 5.41) is 16.0. The van der Waals surface area contributed by atoms with E-state index in [1.54, 1.807) is 6.07 Å². The second-order valence-corrected chi connectivity index (χ2v) is 6.42. The molecule has 2 bridgehead atoms. The van der Waals surface area contributed by atoms with Gasteiger partial charge in [-0.05, 0) is 30.4 Å². The minimum Gasteiger partial charge on any atom is -0.490 e. The molecular formula is C17H15N3O5. The van der Waals surface area contributed by atoms with Gasteiger partial charge in [-0.15, -0.1) is 0 Å². The van der Waals surface area contributed by atoms with Gasteiger partial charge in [0.25, 0.3) is 11.8 Å². The van der Waals surface area contributed by atoms with Crippen LogP contribution in [-0.2, 0) is 9.59 Å². The Bertz CT molecular complexity index is 817. The molecule has 128 valence electrons. The van der Waals surface area contributed by atoms with Crippen LogP contribution in [0.4, 0.5) is 5.69 Å². The Balaban J connectivity index is 1.59. The van der Waals surface area contributed by atoms with Gasteiger partial charge in [-0.3, -0.25) is 19.7 Å². The maximum absolute atomic E-state index is 12.5. The number of nitro benzene ring substituents is 1. The second kappa shape index (κ2) is 5.51. The summed E-state index contributed by atoms with van der Waals surface area (Å²) in [7, 11) is 1.35.